The van der Waals surface area contributed by atoms with Crippen molar-refractivity contribution in [1.29, 1.82) is 5.26 Å². The molecule has 130 valence electrons. The molecule has 2 aromatic heterocycles. The first kappa shape index (κ1) is 17.3. The molecule has 0 atom stereocenters. The maximum atomic E-state index is 9.21. The molecular weight excluding hydrogens is 328 g/mol. The van der Waals surface area contributed by atoms with Crippen LogP contribution in [0, 0.1) is 11.3 Å². The van der Waals surface area contributed by atoms with Gasteiger partial charge in [0, 0.05) is 38.5 Å². The number of ether oxygens (including phenoxy) is 1. The van der Waals surface area contributed by atoms with Crippen LogP contribution in [0.2, 0.25) is 0 Å². The Hall–Kier alpha value is -3.50. The highest BCUT2D eigenvalue weighted by Gasteiger charge is 2.12. The number of benzene rings is 1. The number of nitrogens with zero attached hydrogens (tertiary/aromatic N) is 5. The second-order valence-electron chi connectivity index (χ2n) is 5.82. The molecular formula is C19H18N6O. The molecule has 0 bridgehead atoms. The van der Waals surface area contributed by atoms with E-state index in [4.69, 9.17) is 10.5 Å². The first-order chi connectivity index (χ1) is 12.6. The van der Waals surface area contributed by atoms with Crippen LogP contribution in [0.15, 0.2) is 48.8 Å². The molecule has 7 heteroatoms. The van der Waals surface area contributed by atoms with Crippen LogP contribution < -0.4 is 15.4 Å². The second-order valence-corrected chi connectivity index (χ2v) is 5.82. The molecule has 2 heterocycles. The highest BCUT2D eigenvalue weighted by Crippen LogP contribution is 2.33. The summed E-state index contributed by atoms with van der Waals surface area (Å²) in [6, 6.07) is 12.9. The zero-order chi connectivity index (χ0) is 18.5. The van der Waals surface area contributed by atoms with Crippen LogP contribution in [0.5, 0.6) is 11.5 Å². The normalized spacial score (nSPS) is 10.2. The van der Waals surface area contributed by atoms with E-state index in [9.17, 15) is 5.26 Å². The fourth-order valence-corrected chi connectivity index (χ4v) is 2.33. The quantitative estimate of drug-likeness (QED) is 0.758. The summed E-state index contributed by atoms with van der Waals surface area (Å²) < 4.78 is 6.01. The van der Waals surface area contributed by atoms with Gasteiger partial charge in [0.25, 0.3) is 0 Å². The van der Waals surface area contributed by atoms with Gasteiger partial charge in [-0.2, -0.15) is 10.4 Å². The average molecular weight is 346 g/mol. The number of anilines is 1. The summed E-state index contributed by atoms with van der Waals surface area (Å²) in [4.78, 5) is 6.28. The molecule has 1 aromatic carbocycles. The van der Waals surface area contributed by atoms with Gasteiger partial charge in [-0.1, -0.05) is 6.07 Å². The van der Waals surface area contributed by atoms with Gasteiger partial charge in [-0.25, -0.2) is 0 Å². The number of nitrogens with two attached hydrogens (primary N) is 1. The molecule has 3 rings (SSSR count). The van der Waals surface area contributed by atoms with Crippen molar-refractivity contribution in [3.05, 3.63) is 59.9 Å². The van der Waals surface area contributed by atoms with E-state index < -0.39 is 0 Å². The number of nitriles is 1. The molecule has 3 aromatic rings. The van der Waals surface area contributed by atoms with E-state index in [1.807, 2.05) is 37.2 Å². The van der Waals surface area contributed by atoms with E-state index in [0.717, 1.165) is 16.8 Å². The Balaban J connectivity index is 2.01. The van der Waals surface area contributed by atoms with E-state index in [1.54, 1.807) is 24.4 Å². The predicted octanol–water partition coefficient (Wildman–Crippen LogP) is 2.73. The summed E-state index contributed by atoms with van der Waals surface area (Å²) in [5, 5.41) is 17.2. The van der Waals surface area contributed by atoms with E-state index in [-0.39, 0.29) is 0 Å². The third-order valence-electron chi connectivity index (χ3n) is 3.75. The predicted molar refractivity (Wildman–Crippen MR) is 98.7 cm³/mol. The number of hydrogen-bond acceptors (Lipinski definition) is 7. The monoisotopic (exact) mass is 346 g/mol. The summed E-state index contributed by atoms with van der Waals surface area (Å²) in [6.45, 7) is 0.431. The molecule has 0 amide bonds. The van der Waals surface area contributed by atoms with Gasteiger partial charge >= 0.3 is 0 Å². The van der Waals surface area contributed by atoms with Crippen LogP contribution in [0.4, 0.5) is 5.82 Å². The van der Waals surface area contributed by atoms with Crippen LogP contribution in [0.3, 0.4) is 0 Å². The van der Waals surface area contributed by atoms with Crippen molar-refractivity contribution < 1.29 is 4.74 Å². The van der Waals surface area contributed by atoms with E-state index in [0.29, 0.717) is 29.4 Å². The first-order valence-corrected chi connectivity index (χ1v) is 7.98. The van der Waals surface area contributed by atoms with Crippen molar-refractivity contribution in [1.82, 2.24) is 15.2 Å². The Morgan fingerprint density at radius 2 is 2.00 bits per heavy atom. The van der Waals surface area contributed by atoms with Crippen LogP contribution in [-0.2, 0) is 6.54 Å². The van der Waals surface area contributed by atoms with Crippen LogP contribution in [0.25, 0.3) is 11.3 Å². The van der Waals surface area contributed by atoms with Gasteiger partial charge < -0.3 is 15.4 Å². The van der Waals surface area contributed by atoms with Gasteiger partial charge in [0.05, 0.1) is 23.5 Å². The Morgan fingerprint density at radius 3 is 2.65 bits per heavy atom. The summed E-state index contributed by atoms with van der Waals surface area (Å²) in [7, 11) is 3.75. The van der Waals surface area contributed by atoms with Crippen molar-refractivity contribution in [3.8, 4) is 28.8 Å². The molecule has 0 fully saturated rings. The number of rotatable bonds is 5. The number of aromatic nitrogens is 3. The van der Waals surface area contributed by atoms with Gasteiger partial charge in [-0.3, -0.25) is 4.98 Å². The molecule has 26 heavy (non-hydrogen) atoms. The topological polar surface area (TPSA) is 101 Å². The van der Waals surface area contributed by atoms with Crippen molar-refractivity contribution in [2.75, 3.05) is 19.0 Å². The summed E-state index contributed by atoms with van der Waals surface area (Å²) in [5.74, 6) is 1.72. The zero-order valence-corrected chi connectivity index (χ0v) is 14.5. The maximum absolute atomic E-state index is 9.21. The molecule has 0 aliphatic carbocycles. The molecule has 0 unspecified atom stereocenters. The molecule has 0 radical (unpaired) electrons. The van der Waals surface area contributed by atoms with Crippen molar-refractivity contribution in [2.24, 2.45) is 5.73 Å². The summed E-state index contributed by atoms with van der Waals surface area (Å²) in [5.41, 5.74) is 8.58. The standard InChI is InChI=1S/C19H18N6O/c1-25(2)19-8-15(12-23-24-19)26-18-7-13(9-20)3-5-16(18)17-6-4-14(10-21)11-22-17/h3-8,11-12H,10,21H2,1-2H3. The van der Waals surface area contributed by atoms with Gasteiger partial charge in [0.2, 0.25) is 0 Å². The van der Waals surface area contributed by atoms with Gasteiger partial charge in [-0.05, 0) is 29.8 Å². The molecule has 0 saturated carbocycles. The van der Waals surface area contributed by atoms with Gasteiger partial charge in [-0.15, -0.1) is 5.10 Å². The van der Waals surface area contributed by atoms with Crippen molar-refractivity contribution in [2.45, 2.75) is 6.54 Å². The van der Waals surface area contributed by atoms with E-state index >= 15 is 0 Å². The molecule has 0 spiro atoms. The number of hydrogen-bond donors (Lipinski definition) is 1. The SMILES string of the molecule is CN(C)c1cc(Oc2cc(C#N)ccc2-c2ccc(CN)cn2)cnn1. The lowest BCUT2D eigenvalue weighted by molar-refractivity contribution is 0.480. The Labute approximate surface area is 151 Å². The van der Waals surface area contributed by atoms with Crippen molar-refractivity contribution in [3.63, 3.8) is 0 Å². The summed E-state index contributed by atoms with van der Waals surface area (Å²) in [6.07, 6.45) is 3.26. The largest absolute Gasteiger partial charge is 0.455 e. The zero-order valence-electron chi connectivity index (χ0n) is 14.5. The molecule has 2 N–H and O–H groups in total. The highest BCUT2D eigenvalue weighted by molar-refractivity contribution is 5.69. The van der Waals surface area contributed by atoms with E-state index in [2.05, 4.69) is 21.3 Å². The lowest BCUT2D eigenvalue weighted by Crippen LogP contribution is -2.11. The Morgan fingerprint density at radius 1 is 1.15 bits per heavy atom. The minimum atomic E-state index is 0.431. The third-order valence-corrected chi connectivity index (χ3v) is 3.75. The molecule has 0 saturated heterocycles. The van der Waals surface area contributed by atoms with E-state index in [1.165, 1.54) is 6.20 Å². The van der Waals surface area contributed by atoms with Crippen LogP contribution in [0.1, 0.15) is 11.1 Å². The maximum Gasteiger partial charge on any atom is 0.154 e. The van der Waals surface area contributed by atoms with Crippen LogP contribution >= 0.6 is 0 Å². The number of pyridine rings is 1. The molecule has 0 aliphatic heterocycles. The lowest BCUT2D eigenvalue weighted by atomic mass is 10.1. The Bertz CT molecular complexity index is 947. The highest BCUT2D eigenvalue weighted by atomic mass is 16.5. The third kappa shape index (κ3) is 3.77. The minimum Gasteiger partial charge on any atom is -0.455 e. The fourth-order valence-electron chi connectivity index (χ4n) is 2.33. The Kier molecular flexibility index (Phi) is 5.06. The first-order valence-electron chi connectivity index (χ1n) is 7.98. The average Bonchev–Trinajstić information content (AvgIpc) is 2.68. The van der Waals surface area contributed by atoms with Crippen LogP contribution in [-0.4, -0.2) is 29.3 Å². The lowest BCUT2D eigenvalue weighted by Gasteiger charge is -2.14. The van der Waals surface area contributed by atoms with Gasteiger partial charge in [0.1, 0.15) is 5.75 Å². The fraction of sp³-hybridized carbons (Fsp3) is 0.158. The smallest absolute Gasteiger partial charge is 0.154 e. The molecule has 7 nitrogen and oxygen atoms in total. The van der Waals surface area contributed by atoms with Crippen molar-refractivity contribution >= 4 is 5.82 Å². The second kappa shape index (κ2) is 7.59. The molecule has 0 aliphatic rings. The van der Waals surface area contributed by atoms with Gasteiger partial charge in [0.15, 0.2) is 11.6 Å². The summed E-state index contributed by atoms with van der Waals surface area (Å²) >= 11 is 0. The minimum absolute atomic E-state index is 0.431.